The van der Waals surface area contributed by atoms with Crippen LogP contribution < -0.4 is 0 Å². The fraction of sp³-hybridized carbons (Fsp3) is 0.944. The van der Waals surface area contributed by atoms with Gasteiger partial charge in [-0.25, -0.2) is 0 Å². The molecule has 2 unspecified atom stereocenters. The lowest BCUT2D eigenvalue weighted by Crippen LogP contribution is -2.21. The zero-order chi connectivity index (χ0) is 36.4. The fourth-order valence-corrected chi connectivity index (χ4v) is 4.24. The van der Waals surface area contributed by atoms with Gasteiger partial charge in [-0.3, -0.25) is 9.59 Å². The third-order valence-corrected chi connectivity index (χ3v) is 7.11. The van der Waals surface area contributed by atoms with Gasteiger partial charge in [-0.05, 0) is 12.8 Å². The lowest BCUT2D eigenvalue weighted by molar-refractivity contribution is -0.148. The summed E-state index contributed by atoms with van der Waals surface area (Å²) in [6, 6.07) is 0. The van der Waals surface area contributed by atoms with Crippen LogP contribution in [0, 0.1) is 0 Å². The normalized spacial score (nSPS) is 11.9. The molecule has 0 aromatic rings. The smallest absolute Gasteiger partial charge is 0.305 e. The molecule has 0 aromatic heterocycles. The molecule has 0 aliphatic heterocycles. The molecule has 0 amide bonds. The number of ether oxygens (including phenoxy) is 4. The SMILES string of the molecule is CCCCCCCCCCCC(=O)OCC(O)CO.CCCCCCCCCCCC(=O)OCC(O)CO.OCCOCCOCCO. The maximum atomic E-state index is 11.3. The van der Waals surface area contributed by atoms with Crippen molar-refractivity contribution in [2.24, 2.45) is 0 Å². The van der Waals surface area contributed by atoms with Gasteiger partial charge in [-0.15, -0.1) is 0 Å². The monoisotopic (exact) mass is 699 g/mol. The van der Waals surface area contributed by atoms with E-state index in [1.54, 1.807) is 0 Å². The van der Waals surface area contributed by atoms with E-state index in [2.05, 4.69) is 13.8 Å². The van der Waals surface area contributed by atoms with Crippen molar-refractivity contribution < 1.29 is 59.2 Å². The Kier molecular flexibility index (Phi) is 48.5. The number of aliphatic hydroxyl groups excluding tert-OH is 6. The highest BCUT2D eigenvalue weighted by atomic mass is 16.5. The van der Waals surface area contributed by atoms with E-state index < -0.39 is 12.2 Å². The minimum Gasteiger partial charge on any atom is -0.463 e. The van der Waals surface area contributed by atoms with Gasteiger partial charge in [0.15, 0.2) is 0 Å². The fourth-order valence-electron chi connectivity index (χ4n) is 4.24. The van der Waals surface area contributed by atoms with Crippen LogP contribution in [0.25, 0.3) is 0 Å². The zero-order valence-electron chi connectivity index (χ0n) is 30.5. The first-order chi connectivity index (χ1) is 23.3. The van der Waals surface area contributed by atoms with E-state index in [-0.39, 0.29) is 51.6 Å². The van der Waals surface area contributed by atoms with Crippen LogP contribution in [0.5, 0.6) is 0 Å². The molecule has 48 heavy (non-hydrogen) atoms. The highest BCUT2D eigenvalue weighted by Crippen LogP contribution is 2.12. The summed E-state index contributed by atoms with van der Waals surface area (Å²) in [6.07, 6.45) is 20.8. The number of carbonyl (C=O) groups excluding carboxylic acids is 2. The highest BCUT2D eigenvalue weighted by Gasteiger charge is 2.08. The first kappa shape index (κ1) is 51.0. The summed E-state index contributed by atoms with van der Waals surface area (Å²) in [5.41, 5.74) is 0. The van der Waals surface area contributed by atoms with E-state index in [1.165, 1.54) is 89.9 Å². The Morgan fingerprint density at radius 1 is 0.458 bits per heavy atom. The number of hydrogen-bond donors (Lipinski definition) is 6. The van der Waals surface area contributed by atoms with E-state index in [0.29, 0.717) is 39.3 Å². The van der Waals surface area contributed by atoms with Crippen molar-refractivity contribution in [2.75, 3.05) is 66.1 Å². The van der Waals surface area contributed by atoms with Crippen LogP contribution in [0.4, 0.5) is 0 Å². The average Bonchev–Trinajstić information content (AvgIpc) is 3.10. The Balaban J connectivity index is -0.000000665. The predicted octanol–water partition coefficient (Wildman–Crippen LogP) is 4.61. The molecule has 12 heteroatoms. The summed E-state index contributed by atoms with van der Waals surface area (Å²) in [5.74, 6) is -0.564. The van der Waals surface area contributed by atoms with Crippen molar-refractivity contribution in [2.45, 2.75) is 154 Å². The van der Waals surface area contributed by atoms with Crippen LogP contribution in [0.3, 0.4) is 0 Å². The average molecular weight is 699 g/mol. The summed E-state index contributed by atoms with van der Waals surface area (Å²) >= 11 is 0. The Morgan fingerprint density at radius 2 is 0.750 bits per heavy atom. The van der Waals surface area contributed by atoms with E-state index in [4.69, 9.17) is 49.6 Å². The van der Waals surface area contributed by atoms with Gasteiger partial charge in [0.05, 0.1) is 52.9 Å². The number of carbonyl (C=O) groups is 2. The molecule has 0 saturated heterocycles. The molecular formula is C36H74O12. The highest BCUT2D eigenvalue weighted by molar-refractivity contribution is 5.69. The second-order valence-corrected chi connectivity index (χ2v) is 11.9. The number of esters is 2. The van der Waals surface area contributed by atoms with E-state index in [1.807, 2.05) is 0 Å². The number of rotatable bonds is 33. The molecule has 0 saturated carbocycles. The van der Waals surface area contributed by atoms with Crippen molar-refractivity contribution in [1.29, 1.82) is 0 Å². The number of unbranched alkanes of at least 4 members (excludes halogenated alkanes) is 16. The molecule has 12 nitrogen and oxygen atoms in total. The quantitative estimate of drug-likeness (QED) is 0.0413. The van der Waals surface area contributed by atoms with Crippen molar-refractivity contribution in [3.63, 3.8) is 0 Å². The molecule has 0 aliphatic rings. The van der Waals surface area contributed by atoms with E-state index >= 15 is 0 Å². The Bertz CT molecular complexity index is 572. The Morgan fingerprint density at radius 3 is 1.02 bits per heavy atom. The van der Waals surface area contributed by atoms with Gasteiger partial charge >= 0.3 is 11.9 Å². The minimum absolute atomic E-state index is 0.0417. The van der Waals surface area contributed by atoms with Crippen molar-refractivity contribution in [3.05, 3.63) is 0 Å². The molecular weight excluding hydrogens is 624 g/mol. The summed E-state index contributed by atoms with van der Waals surface area (Å²) in [5, 5.41) is 51.7. The zero-order valence-corrected chi connectivity index (χ0v) is 30.5. The van der Waals surface area contributed by atoms with Gasteiger partial charge < -0.3 is 49.6 Å². The topological polar surface area (TPSA) is 192 Å². The molecule has 0 radical (unpaired) electrons. The molecule has 0 bridgehead atoms. The van der Waals surface area contributed by atoms with Gasteiger partial charge in [-0.2, -0.15) is 0 Å². The maximum absolute atomic E-state index is 11.3. The largest absolute Gasteiger partial charge is 0.463 e. The second-order valence-electron chi connectivity index (χ2n) is 11.9. The number of aliphatic hydroxyl groups is 6. The first-order valence-corrected chi connectivity index (χ1v) is 18.6. The van der Waals surface area contributed by atoms with Gasteiger partial charge in [-0.1, -0.05) is 117 Å². The van der Waals surface area contributed by atoms with Gasteiger partial charge in [0.25, 0.3) is 0 Å². The molecule has 6 N–H and O–H groups in total. The summed E-state index contributed by atoms with van der Waals surface area (Å²) in [7, 11) is 0. The van der Waals surface area contributed by atoms with E-state index in [0.717, 1.165) is 25.7 Å². The van der Waals surface area contributed by atoms with Crippen LogP contribution in [-0.4, -0.2) is 121 Å². The van der Waals surface area contributed by atoms with Crippen LogP contribution in [0.1, 0.15) is 142 Å². The van der Waals surface area contributed by atoms with Crippen LogP contribution in [0.15, 0.2) is 0 Å². The third-order valence-electron chi connectivity index (χ3n) is 7.11. The number of hydrogen-bond acceptors (Lipinski definition) is 12. The molecule has 0 aromatic carbocycles. The van der Waals surface area contributed by atoms with Crippen LogP contribution >= 0.6 is 0 Å². The molecule has 290 valence electrons. The predicted molar refractivity (Wildman–Crippen MR) is 188 cm³/mol. The summed E-state index contributed by atoms with van der Waals surface area (Å²) in [6.45, 7) is 5.22. The van der Waals surface area contributed by atoms with Gasteiger partial charge in [0.2, 0.25) is 0 Å². The first-order valence-electron chi connectivity index (χ1n) is 18.6. The molecule has 0 fully saturated rings. The third kappa shape index (κ3) is 49.0. The lowest BCUT2D eigenvalue weighted by Gasteiger charge is -2.08. The summed E-state index contributed by atoms with van der Waals surface area (Å²) in [4.78, 5) is 22.5. The van der Waals surface area contributed by atoms with Crippen LogP contribution in [0.2, 0.25) is 0 Å². The molecule has 0 spiro atoms. The Labute approximate surface area is 291 Å². The van der Waals surface area contributed by atoms with E-state index in [9.17, 15) is 9.59 Å². The van der Waals surface area contributed by atoms with Crippen molar-refractivity contribution in [3.8, 4) is 0 Å². The minimum atomic E-state index is -0.952. The molecule has 0 heterocycles. The van der Waals surface area contributed by atoms with Crippen LogP contribution in [-0.2, 0) is 28.5 Å². The lowest BCUT2D eigenvalue weighted by atomic mass is 10.1. The molecule has 0 aliphatic carbocycles. The van der Waals surface area contributed by atoms with Gasteiger partial charge in [0, 0.05) is 12.8 Å². The molecule has 0 rings (SSSR count). The summed E-state index contributed by atoms with van der Waals surface area (Å²) < 4.78 is 19.4. The second kappa shape index (κ2) is 45.6. The van der Waals surface area contributed by atoms with Gasteiger partial charge in [0.1, 0.15) is 25.4 Å². The molecule has 2 atom stereocenters. The Hall–Kier alpha value is -1.38. The van der Waals surface area contributed by atoms with Crippen molar-refractivity contribution >= 4 is 11.9 Å². The van der Waals surface area contributed by atoms with Crippen molar-refractivity contribution in [1.82, 2.24) is 0 Å². The maximum Gasteiger partial charge on any atom is 0.305 e. The standard InChI is InChI=1S/2C15H30O4.C6H14O4/c2*1-2-3-4-5-6-7-8-9-10-11-15(18)19-13-14(17)12-16;7-1-3-9-5-6-10-4-2-8/h2*14,16-17H,2-13H2,1H3;7-8H,1-6H2.